The van der Waals surface area contributed by atoms with Gasteiger partial charge in [0.15, 0.2) is 6.10 Å². The van der Waals surface area contributed by atoms with Crippen LogP contribution in [0.15, 0.2) is 53.0 Å². The number of carbonyl (C=O) groups excluding carboxylic acids is 1. The fourth-order valence-corrected chi connectivity index (χ4v) is 1.91. The number of aliphatic hydroxyl groups is 1. The number of halogens is 1. The molecule has 19 heavy (non-hydrogen) atoms. The maximum atomic E-state index is 11.9. The molecule has 2 aromatic rings. The molecule has 1 unspecified atom stereocenters. The van der Waals surface area contributed by atoms with Gasteiger partial charge in [-0.05, 0) is 36.8 Å². The van der Waals surface area contributed by atoms with Crippen LogP contribution in [0.25, 0.3) is 0 Å². The van der Waals surface area contributed by atoms with Crippen molar-refractivity contribution >= 4 is 27.5 Å². The van der Waals surface area contributed by atoms with Crippen LogP contribution < -0.4 is 5.32 Å². The zero-order valence-electron chi connectivity index (χ0n) is 10.4. The molecule has 0 spiro atoms. The average molecular weight is 320 g/mol. The summed E-state index contributed by atoms with van der Waals surface area (Å²) in [4.78, 5) is 11.9. The third-order valence-electron chi connectivity index (χ3n) is 2.75. The highest BCUT2D eigenvalue weighted by atomic mass is 79.9. The monoisotopic (exact) mass is 319 g/mol. The van der Waals surface area contributed by atoms with E-state index in [9.17, 15) is 9.90 Å². The molecule has 1 amide bonds. The van der Waals surface area contributed by atoms with Gasteiger partial charge in [0.2, 0.25) is 0 Å². The number of benzene rings is 2. The van der Waals surface area contributed by atoms with E-state index >= 15 is 0 Å². The Labute approximate surface area is 120 Å². The number of aryl methyl sites for hydroxylation is 1. The van der Waals surface area contributed by atoms with Crippen molar-refractivity contribution in [2.45, 2.75) is 13.0 Å². The lowest BCUT2D eigenvalue weighted by molar-refractivity contribution is -0.124. The number of nitrogens with one attached hydrogen (secondary N) is 1. The van der Waals surface area contributed by atoms with Crippen LogP contribution in [0.3, 0.4) is 0 Å². The third-order valence-corrected chi connectivity index (χ3v) is 3.28. The summed E-state index contributed by atoms with van der Waals surface area (Å²) >= 11 is 3.31. The second-order valence-electron chi connectivity index (χ2n) is 4.31. The molecule has 0 aliphatic carbocycles. The van der Waals surface area contributed by atoms with Gasteiger partial charge in [-0.1, -0.05) is 45.8 Å². The predicted octanol–water partition coefficient (Wildman–Crippen LogP) is 3.43. The van der Waals surface area contributed by atoms with Crippen molar-refractivity contribution < 1.29 is 9.90 Å². The van der Waals surface area contributed by atoms with Crippen LogP contribution in [-0.4, -0.2) is 11.0 Å². The second-order valence-corrected chi connectivity index (χ2v) is 5.23. The summed E-state index contributed by atoms with van der Waals surface area (Å²) in [6.45, 7) is 1.97. The van der Waals surface area contributed by atoms with Crippen LogP contribution in [0.5, 0.6) is 0 Å². The number of hydrogen-bond donors (Lipinski definition) is 2. The Bertz CT molecular complexity index is 564. The van der Waals surface area contributed by atoms with E-state index in [1.54, 1.807) is 24.3 Å². The number of anilines is 1. The SMILES string of the molecule is Cc1ccc(NC(=O)C(O)c2ccc(Br)cc2)cc1. The minimum atomic E-state index is -1.17. The molecule has 0 aliphatic heterocycles. The Balaban J connectivity index is 2.07. The molecule has 0 aliphatic rings. The number of aliphatic hydroxyl groups excluding tert-OH is 1. The molecule has 0 bridgehead atoms. The van der Waals surface area contributed by atoms with E-state index in [4.69, 9.17) is 0 Å². The van der Waals surface area contributed by atoms with E-state index in [0.717, 1.165) is 10.0 Å². The maximum absolute atomic E-state index is 11.9. The van der Waals surface area contributed by atoms with Crippen molar-refractivity contribution in [1.82, 2.24) is 0 Å². The summed E-state index contributed by atoms with van der Waals surface area (Å²) in [5, 5.41) is 12.6. The van der Waals surface area contributed by atoms with E-state index in [-0.39, 0.29) is 0 Å². The van der Waals surface area contributed by atoms with E-state index in [1.165, 1.54) is 0 Å². The van der Waals surface area contributed by atoms with Gasteiger partial charge in [0.25, 0.3) is 5.91 Å². The summed E-state index contributed by atoms with van der Waals surface area (Å²) in [6.07, 6.45) is -1.17. The lowest BCUT2D eigenvalue weighted by atomic mass is 10.1. The number of hydrogen-bond acceptors (Lipinski definition) is 2. The van der Waals surface area contributed by atoms with Gasteiger partial charge in [0.1, 0.15) is 0 Å². The van der Waals surface area contributed by atoms with E-state index in [2.05, 4.69) is 21.2 Å². The van der Waals surface area contributed by atoms with Gasteiger partial charge in [-0.25, -0.2) is 0 Å². The quantitative estimate of drug-likeness (QED) is 0.910. The molecule has 0 radical (unpaired) electrons. The molecular weight excluding hydrogens is 306 g/mol. The highest BCUT2D eigenvalue weighted by molar-refractivity contribution is 9.10. The molecule has 4 heteroatoms. The standard InChI is InChI=1S/C15H14BrNO2/c1-10-2-8-13(9-3-10)17-15(19)14(18)11-4-6-12(16)7-5-11/h2-9,14,18H,1H3,(H,17,19). The Kier molecular flexibility index (Phi) is 4.35. The molecule has 0 fully saturated rings. The molecule has 0 heterocycles. The van der Waals surface area contributed by atoms with Gasteiger partial charge in [0.05, 0.1) is 0 Å². The molecule has 0 aromatic heterocycles. The second kappa shape index (κ2) is 5.99. The number of rotatable bonds is 3. The van der Waals surface area contributed by atoms with Crippen LogP contribution >= 0.6 is 15.9 Å². The molecule has 3 nitrogen and oxygen atoms in total. The minimum absolute atomic E-state index is 0.439. The minimum Gasteiger partial charge on any atom is -0.378 e. The molecule has 2 N–H and O–H groups in total. The largest absolute Gasteiger partial charge is 0.378 e. The summed E-state index contributed by atoms with van der Waals surface area (Å²) in [5.74, 6) is -0.439. The van der Waals surface area contributed by atoms with Crippen LogP contribution in [0.2, 0.25) is 0 Å². The summed E-state index contributed by atoms with van der Waals surface area (Å²) < 4.78 is 0.905. The summed E-state index contributed by atoms with van der Waals surface area (Å²) in [7, 11) is 0. The normalized spacial score (nSPS) is 11.9. The first kappa shape index (κ1) is 13.8. The third kappa shape index (κ3) is 3.66. The van der Waals surface area contributed by atoms with Gasteiger partial charge >= 0.3 is 0 Å². The molecule has 2 aromatic carbocycles. The van der Waals surface area contributed by atoms with Crippen LogP contribution in [0, 0.1) is 6.92 Å². The summed E-state index contributed by atoms with van der Waals surface area (Å²) in [6, 6.07) is 14.4. The van der Waals surface area contributed by atoms with E-state index in [1.807, 2.05) is 31.2 Å². The Hall–Kier alpha value is -1.65. The maximum Gasteiger partial charge on any atom is 0.257 e. The molecular formula is C15H14BrNO2. The zero-order valence-corrected chi connectivity index (χ0v) is 12.0. The zero-order chi connectivity index (χ0) is 13.8. The fraction of sp³-hybridized carbons (Fsp3) is 0.133. The first-order valence-corrected chi connectivity index (χ1v) is 6.66. The molecule has 98 valence electrons. The highest BCUT2D eigenvalue weighted by Gasteiger charge is 2.17. The van der Waals surface area contributed by atoms with Crippen molar-refractivity contribution in [3.63, 3.8) is 0 Å². The van der Waals surface area contributed by atoms with Crippen molar-refractivity contribution in [3.05, 3.63) is 64.1 Å². The molecule has 1 atom stereocenters. The van der Waals surface area contributed by atoms with Gasteiger partial charge in [-0.15, -0.1) is 0 Å². The van der Waals surface area contributed by atoms with E-state index in [0.29, 0.717) is 11.3 Å². The van der Waals surface area contributed by atoms with Crippen LogP contribution in [-0.2, 0) is 4.79 Å². The van der Waals surface area contributed by atoms with Gasteiger partial charge < -0.3 is 10.4 Å². The lowest BCUT2D eigenvalue weighted by Crippen LogP contribution is -2.20. The Morgan fingerprint density at radius 2 is 1.68 bits per heavy atom. The molecule has 0 saturated carbocycles. The Morgan fingerprint density at radius 1 is 1.11 bits per heavy atom. The average Bonchev–Trinajstić information content (AvgIpc) is 2.41. The highest BCUT2D eigenvalue weighted by Crippen LogP contribution is 2.19. The Morgan fingerprint density at radius 3 is 2.26 bits per heavy atom. The number of carbonyl (C=O) groups is 1. The van der Waals surface area contributed by atoms with Crippen molar-refractivity contribution in [2.24, 2.45) is 0 Å². The predicted molar refractivity (Wildman–Crippen MR) is 78.9 cm³/mol. The van der Waals surface area contributed by atoms with Crippen molar-refractivity contribution in [2.75, 3.05) is 5.32 Å². The number of amides is 1. The lowest BCUT2D eigenvalue weighted by Gasteiger charge is -2.12. The van der Waals surface area contributed by atoms with Crippen LogP contribution in [0.1, 0.15) is 17.2 Å². The van der Waals surface area contributed by atoms with Crippen molar-refractivity contribution in [1.29, 1.82) is 0 Å². The van der Waals surface area contributed by atoms with Crippen LogP contribution in [0.4, 0.5) is 5.69 Å². The van der Waals surface area contributed by atoms with Gasteiger partial charge in [-0.2, -0.15) is 0 Å². The van der Waals surface area contributed by atoms with Gasteiger partial charge in [0, 0.05) is 10.2 Å². The molecule has 0 saturated heterocycles. The van der Waals surface area contributed by atoms with Crippen molar-refractivity contribution in [3.8, 4) is 0 Å². The first-order chi connectivity index (χ1) is 9.06. The molecule has 2 rings (SSSR count). The van der Waals surface area contributed by atoms with Gasteiger partial charge in [-0.3, -0.25) is 4.79 Å². The van der Waals surface area contributed by atoms with E-state index < -0.39 is 12.0 Å². The first-order valence-electron chi connectivity index (χ1n) is 5.87. The smallest absolute Gasteiger partial charge is 0.257 e. The summed E-state index contributed by atoms with van der Waals surface area (Å²) in [5.41, 5.74) is 2.35. The fourth-order valence-electron chi connectivity index (χ4n) is 1.64. The topological polar surface area (TPSA) is 49.3 Å².